The van der Waals surface area contributed by atoms with E-state index in [1.807, 2.05) is 44.2 Å². The molecule has 2 nitrogen and oxygen atoms in total. The van der Waals surface area contributed by atoms with Crippen LogP contribution in [0.2, 0.25) is 0 Å². The molecule has 2 atom stereocenters. The van der Waals surface area contributed by atoms with Crippen molar-refractivity contribution in [1.82, 2.24) is 0 Å². The van der Waals surface area contributed by atoms with Crippen LogP contribution in [0.3, 0.4) is 0 Å². The molecule has 0 aromatic heterocycles. The average Bonchev–Trinajstić information content (AvgIpc) is 2.85. The molecule has 0 saturated heterocycles. The smallest absolute Gasteiger partial charge is 0.218 e. The first-order chi connectivity index (χ1) is 10.1. The Kier molecular flexibility index (Phi) is 3.97. The lowest BCUT2D eigenvalue weighted by molar-refractivity contribution is 0.202. The largest absolute Gasteiger partial charge is 0.467 e. The summed E-state index contributed by atoms with van der Waals surface area (Å²) >= 11 is 2.21. The van der Waals surface area contributed by atoms with E-state index in [2.05, 4.69) is 27.6 Å². The SMILES string of the molecule is Cc1cc(F)cc(C2=N[C@@H](C)[C@H](c3ccccc3)O2)c1I. The molecule has 0 N–H and O–H groups in total. The lowest BCUT2D eigenvalue weighted by atomic mass is 10.0. The van der Waals surface area contributed by atoms with E-state index in [1.54, 1.807) is 0 Å². The van der Waals surface area contributed by atoms with Gasteiger partial charge in [0.15, 0.2) is 0 Å². The van der Waals surface area contributed by atoms with Crippen molar-refractivity contribution in [2.75, 3.05) is 0 Å². The number of ether oxygens (including phenoxy) is 1. The molecule has 0 unspecified atom stereocenters. The van der Waals surface area contributed by atoms with Gasteiger partial charge in [0.1, 0.15) is 11.9 Å². The first kappa shape index (κ1) is 14.5. The number of benzene rings is 2. The van der Waals surface area contributed by atoms with Gasteiger partial charge in [-0.05, 0) is 59.7 Å². The van der Waals surface area contributed by atoms with Crippen molar-refractivity contribution in [2.24, 2.45) is 4.99 Å². The fraction of sp³-hybridized carbons (Fsp3) is 0.235. The summed E-state index contributed by atoms with van der Waals surface area (Å²) < 4.78 is 20.7. The standard InChI is InChI=1S/C17H15FINO/c1-10-8-13(18)9-14(15(10)19)17-20-11(2)16(21-17)12-6-4-3-5-7-12/h3-9,11,16H,1-2H3/t11-,16+/m0/s1. The fourth-order valence-corrected chi connectivity index (χ4v) is 3.05. The van der Waals surface area contributed by atoms with Crippen molar-refractivity contribution in [3.05, 3.63) is 68.5 Å². The molecule has 21 heavy (non-hydrogen) atoms. The van der Waals surface area contributed by atoms with Crippen molar-refractivity contribution in [3.8, 4) is 0 Å². The van der Waals surface area contributed by atoms with Crippen LogP contribution >= 0.6 is 22.6 Å². The number of hydrogen-bond donors (Lipinski definition) is 0. The number of aliphatic imine (C=N–C) groups is 1. The zero-order valence-corrected chi connectivity index (χ0v) is 14.0. The molecule has 1 aliphatic heterocycles. The van der Waals surface area contributed by atoms with Crippen LogP contribution in [0.4, 0.5) is 4.39 Å². The second-order valence-electron chi connectivity index (χ2n) is 5.21. The monoisotopic (exact) mass is 395 g/mol. The summed E-state index contributed by atoms with van der Waals surface area (Å²) in [6.45, 7) is 3.91. The summed E-state index contributed by atoms with van der Waals surface area (Å²) in [4.78, 5) is 4.58. The van der Waals surface area contributed by atoms with Gasteiger partial charge in [-0.25, -0.2) is 9.38 Å². The number of halogens is 2. The quantitative estimate of drug-likeness (QED) is 0.679. The molecule has 3 rings (SSSR count). The van der Waals surface area contributed by atoms with Crippen LogP contribution in [0.5, 0.6) is 0 Å². The van der Waals surface area contributed by atoms with Crippen LogP contribution in [-0.2, 0) is 4.74 Å². The second-order valence-corrected chi connectivity index (χ2v) is 6.29. The molecule has 0 saturated carbocycles. The van der Waals surface area contributed by atoms with E-state index in [9.17, 15) is 4.39 Å². The van der Waals surface area contributed by atoms with Gasteiger partial charge in [0.05, 0.1) is 11.6 Å². The molecular weight excluding hydrogens is 380 g/mol. The molecule has 2 aromatic rings. The summed E-state index contributed by atoms with van der Waals surface area (Å²) in [7, 11) is 0. The molecule has 108 valence electrons. The molecule has 2 aromatic carbocycles. The second kappa shape index (κ2) is 5.75. The van der Waals surface area contributed by atoms with E-state index < -0.39 is 0 Å². The Hall–Kier alpha value is -1.43. The van der Waals surface area contributed by atoms with Crippen LogP contribution in [0, 0.1) is 16.3 Å². The molecule has 0 fully saturated rings. The van der Waals surface area contributed by atoms with E-state index in [0.29, 0.717) is 5.90 Å². The van der Waals surface area contributed by atoms with Gasteiger partial charge in [-0.1, -0.05) is 30.3 Å². The van der Waals surface area contributed by atoms with Crippen LogP contribution in [0.1, 0.15) is 29.7 Å². The molecular formula is C17H15FINO. The van der Waals surface area contributed by atoms with Crippen LogP contribution in [-0.4, -0.2) is 11.9 Å². The number of nitrogens with zero attached hydrogens (tertiary/aromatic N) is 1. The third-order valence-corrected chi connectivity index (χ3v) is 5.01. The van der Waals surface area contributed by atoms with Gasteiger partial charge >= 0.3 is 0 Å². The average molecular weight is 395 g/mol. The Balaban J connectivity index is 1.94. The van der Waals surface area contributed by atoms with Gasteiger partial charge in [-0.15, -0.1) is 0 Å². The molecule has 0 aliphatic carbocycles. The molecule has 0 spiro atoms. The van der Waals surface area contributed by atoms with Crippen LogP contribution < -0.4 is 0 Å². The lowest BCUT2D eigenvalue weighted by Crippen LogP contribution is -2.11. The first-order valence-electron chi connectivity index (χ1n) is 6.81. The zero-order valence-electron chi connectivity index (χ0n) is 11.8. The third kappa shape index (κ3) is 2.81. The number of hydrogen-bond acceptors (Lipinski definition) is 2. The van der Waals surface area contributed by atoms with Crippen LogP contribution in [0.25, 0.3) is 0 Å². The Labute approximate surface area is 137 Å². The lowest BCUT2D eigenvalue weighted by Gasteiger charge is -2.15. The molecule has 1 heterocycles. The summed E-state index contributed by atoms with van der Waals surface area (Å²) in [5.41, 5.74) is 2.72. The van der Waals surface area contributed by atoms with Gasteiger partial charge < -0.3 is 4.74 Å². The highest BCUT2D eigenvalue weighted by Crippen LogP contribution is 2.32. The highest BCUT2D eigenvalue weighted by atomic mass is 127. The minimum absolute atomic E-state index is 0.0155. The molecule has 1 aliphatic rings. The van der Waals surface area contributed by atoms with E-state index in [0.717, 1.165) is 20.3 Å². The van der Waals surface area contributed by atoms with Gasteiger partial charge in [0.25, 0.3) is 0 Å². The van der Waals surface area contributed by atoms with Crippen molar-refractivity contribution < 1.29 is 9.13 Å². The molecule has 0 amide bonds. The third-order valence-electron chi connectivity index (χ3n) is 3.58. The van der Waals surface area contributed by atoms with E-state index in [1.165, 1.54) is 12.1 Å². The van der Waals surface area contributed by atoms with Gasteiger partial charge in [0, 0.05) is 3.57 Å². The maximum atomic E-state index is 13.7. The van der Waals surface area contributed by atoms with Crippen molar-refractivity contribution in [3.63, 3.8) is 0 Å². The Morgan fingerprint density at radius 2 is 1.90 bits per heavy atom. The maximum Gasteiger partial charge on any atom is 0.218 e. The molecule has 0 radical (unpaired) electrons. The zero-order chi connectivity index (χ0) is 15.0. The van der Waals surface area contributed by atoms with Gasteiger partial charge in [0.2, 0.25) is 5.90 Å². The summed E-state index contributed by atoms with van der Waals surface area (Å²) in [6.07, 6.45) is -0.111. The van der Waals surface area contributed by atoms with E-state index in [4.69, 9.17) is 4.74 Å². The van der Waals surface area contributed by atoms with Crippen LogP contribution in [0.15, 0.2) is 47.5 Å². The highest BCUT2D eigenvalue weighted by molar-refractivity contribution is 14.1. The van der Waals surface area contributed by atoms with Crippen molar-refractivity contribution in [1.29, 1.82) is 0 Å². The summed E-state index contributed by atoms with van der Waals surface area (Å²) in [5, 5.41) is 0. The summed E-state index contributed by atoms with van der Waals surface area (Å²) in [6, 6.07) is 13.0. The predicted octanol–water partition coefficient (Wildman–Crippen LogP) is 4.65. The fourth-order valence-electron chi connectivity index (χ4n) is 2.51. The summed E-state index contributed by atoms with van der Waals surface area (Å²) in [5.74, 6) is 0.272. The van der Waals surface area contributed by atoms with Crippen molar-refractivity contribution >= 4 is 28.5 Å². The van der Waals surface area contributed by atoms with Gasteiger partial charge in [-0.2, -0.15) is 0 Å². The number of aryl methyl sites for hydroxylation is 1. The van der Waals surface area contributed by atoms with Gasteiger partial charge in [-0.3, -0.25) is 0 Å². The highest BCUT2D eigenvalue weighted by Gasteiger charge is 2.30. The molecule has 4 heteroatoms. The maximum absolute atomic E-state index is 13.7. The number of rotatable bonds is 2. The Morgan fingerprint density at radius 3 is 2.62 bits per heavy atom. The predicted molar refractivity (Wildman–Crippen MR) is 90.1 cm³/mol. The Bertz CT molecular complexity index is 699. The van der Waals surface area contributed by atoms with E-state index in [-0.39, 0.29) is 18.0 Å². The molecule has 0 bridgehead atoms. The first-order valence-corrected chi connectivity index (χ1v) is 7.89. The van der Waals surface area contributed by atoms with E-state index >= 15 is 0 Å². The van der Waals surface area contributed by atoms with Crippen molar-refractivity contribution in [2.45, 2.75) is 26.0 Å². The normalized spacial score (nSPS) is 21.0. The minimum atomic E-state index is -0.259. The topological polar surface area (TPSA) is 21.6 Å². The Morgan fingerprint density at radius 1 is 1.19 bits per heavy atom. The minimum Gasteiger partial charge on any atom is -0.467 e.